The van der Waals surface area contributed by atoms with Crippen molar-refractivity contribution >= 4 is 11.8 Å². The zero-order valence-corrected chi connectivity index (χ0v) is 16.4. The smallest absolute Gasteiger partial charge is 0.234 e. The van der Waals surface area contributed by atoms with Crippen molar-refractivity contribution in [2.75, 3.05) is 20.1 Å². The van der Waals surface area contributed by atoms with E-state index in [2.05, 4.69) is 24.5 Å². The highest BCUT2D eigenvalue weighted by molar-refractivity contribution is 5.81. The molecule has 0 aliphatic heterocycles. The maximum Gasteiger partial charge on any atom is 0.234 e. The molecule has 2 amide bonds. The predicted molar refractivity (Wildman–Crippen MR) is 102 cm³/mol. The van der Waals surface area contributed by atoms with Crippen LogP contribution in [0.5, 0.6) is 0 Å². The quantitative estimate of drug-likeness (QED) is 0.760. The van der Waals surface area contributed by atoms with Crippen molar-refractivity contribution in [1.82, 2.24) is 15.5 Å². The van der Waals surface area contributed by atoms with E-state index in [0.29, 0.717) is 5.92 Å². The number of likely N-dealkylation sites (N-methyl/N-ethyl adjacent to an activating group) is 1. The second kappa shape index (κ2) is 9.56. The van der Waals surface area contributed by atoms with E-state index in [0.717, 1.165) is 12.0 Å². The van der Waals surface area contributed by atoms with Gasteiger partial charge in [0, 0.05) is 5.54 Å². The third kappa shape index (κ3) is 9.25. The predicted octanol–water partition coefficient (Wildman–Crippen LogP) is 2.74. The van der Waals surface area contributed by atoms with Crippen LogP contribution in [0, 0.1) is 5.92 Å². The molecule has 0 aliphatic rings. The second-order valence-electron chi connectivity index (χ2n) is 8.13. The summed E-state index contributed by atoms with van der Waals surface area (Å²) in [6, 6.07) is 10.0. The third-order valence-electron chi connectivity index (χ3n) is 3.59. The summed E-state index contributed by atoms with van der Waals surface area (Å²) in [5.74, 6) is 0.325. The Kier molecular flexibility index (Phi) is 8.10. The van der Waals surface area contributed by atoms with Crippen LogP contribution in [0.4, 0.5) is 0 Å². The Bertz CT molecular complexity index is 550. The van der Waals surface area contributed by atoms with Crippen LogP contribution < -0.4 is 10.6 Å². The van der Waals surface area contributed by atoms with Gasteiger partial charge in [0.1, 0.15) is 0 Å². The topological polar surface area (TPSA) is 61.4 Å². The van der Waals surface area contributed by atoms with Gasteiger partial charge in [-0.15, -0.1) is 0 Å². The van der Waals surface area contributed by atoms with Crippen molar-refractivity contribution < 1.29 is 9.59 Å². The van der Waals surface area contributed by atoms with Crippen LogP contribution in [0.15, 0.2) is 30.3 Å². The van der Waals surface area contributed by atoms with E-state index in [1.165, 1.54) is 0 Å². The molecule has 1 aromatic rings. The number of carbonyl (C=O) groups excluding carboxylic acids is 2. The van der Waals surface area contributed by atoms with Crippen LogP contribution in [-0.4, -0.2) is 42.4 Å². The van der Waals surface area contributed by atoms with Gasteiger partial charge >= 0.3 is 0 Å². The fourth-order valence-corrected chi connectivity index (χ4v) is 2.68. The number of hydrogen-bond acceptors (Lipinski definition) is 3. The zero-order chi connectivity index (χ0) is 19.0. The summed E-state index contributed by atoms with van der Waals surface area (Å²) in [4.78, 5) is 26.1. The molecule has 0 saturated heterocycles. The summed E-state index contributed by atoms with van der Waals surface area (Å²) < 4.78 is 0. The number of amides is 2. The number of benzene rings is 1. The number of carbonyl (C=O) groups is 2. The normalized spacial score (nSPS) is 13.0. The van der Waals surface area contributed by atoms with E-state index in [-0.39, 0.29) is 36.5 Å². The summed E-state index contributed by atoms with van der Waals surface area (Å²) >= 11 is 0. The van der Waals surface area contributed by atoms with Crippen LogP contribution in [0.3, 0.4) is 0 Å². The molecule has 1 aromatic carbocycles. The first-order valence-electron chi connectivity index (χ1n) is 8.90. The Labute approximate surface area is 152 Å². The van der Waals surface area contributed by atoms with E-state index >= 15 is 0 Å². The molecule has 1 unspecified atom stereocenters. The molecule has 1 rings (SSSR count). The van der Waals surface area contributed by atoms with Crippen molar-refractivity contribution in [2.45, 2.75) is 52.6 Å². The molecule has 5 heteroatoms. The van der Waals surface area contributed by atoms with Crippen molar-refractivity contribution in [1.29, 1.82) is 0 Å². The number of nitrogens with one attached hydrogen (secondary N) is 2. The van der Waals surface area contributed by atoms with Gasteiger partial charge < -0.3 is 10.6 Å². The molecular weight excluding hydrogens is 314 g/mol. The van der Waals surface area contributed by atoms with Crippen LogP contribution >= 0.6 is 0 Å². The minimum Gasteiger partial charge on any atom is -0.350 e. The fraction of sp³-hybridized carbons (Fsp3) is 0.600. The average molecular weight is 348 g/mol. The summed E-state index contributed by atoms with van der Waals surface area (Å²) in [6.45, 7) is 10.5. The largest absolute Gasteiger partial charge is 0.350 e. The molecule has 0 aliphatic carbocycles. The Morgan fingerprint density at radius 1 is 1.04 bits per heavy atom. The number of hydrogen-bond donors (Lipinski definition) is 2. The van der Waals surface area contributed by atoms with Crippen LogP contribution in [0.1, 0.15) is 52.6 Å². The average Bonchev–Trinajstić information content (AvgIpc) is 2.44. The summed E-state index contributed by atoms with van der Waals surface area (Å²) in [7, 11) is 1.78. The molecule has 140 valence electrons. The Morgan fingerprint density at radius 3 is 2.12 bits per heavy atom. The highest BCUT2D eigenvalue weighted by Gasteiger charge is 2.19. The van der Waals surface area contributed by atoms with E-state index < -0.39 is 0 Å². The van der Waals surface area contributed by atoms with Gasteiger partial charge in [-0.05, 0) is 45.7 Å². The lowest BCUT2D eigenvalue weighted by atomic mass is 9.97. The van der Waals surface area contributed by atoms with Gasteiger partial charge in [0.05, 0.1) is 19.1 Å². The molecule has 0 bridgehead atoms. The molecule has 5 nitrogen and oxygen atoms in total. The van der Waals surface area contributed by atoms with Gasteiger partial charge in [-0.25, -0.2) is 0 Å². The van der Waals surface area contributed by atoms with E-state index in [1.54, 1.807) is 11.9 Å². The van der Waals surface area contributed by atoms with Gasteiger partial charge in [0.15, 0.2) is 0 Å². The van der Waals surface area contributed by atoms with Crippen LogP contribution in [-0.2, 0) is 9.59 Å². The zero-order valence-electron chi connectivity index (χ0n) is 16.4. The molecule has 0 spiro atoms. The van der Waals surface area contributed by atoms with Crippen LogP contribution in [0.2, 0.25) is 0 Å². The first-order valence-corrected chi connectivity index (χ1v) is 8.90. The lowest BCUT2D eigenvalue weighted by Gasteiger charge is -2.25. The van der Waals surface area contributed by atoms with E-state index in [9.17, 15) is 9.59 Å². The summed E-state index contributed by atoms with van der Waals surface area (Å²) in [5.41, 5.74) is 0.841. The van der Waals surface area contributed by atoms with Gasteiger partial charge in [0.2, 0.25) is 11.8 Å². The maximum absolute atomic E-state index is 12.4. The molecule has 0 aromatic heterocycles. The third-order valence-corrected chi connectivity index (χ3v) is 3.59. The Balaban J connectivity index is 2.58. The van der Waals surface area contributed by atoms with Gasteiger partial charge in [-0.1, -0.05) is 44.2 Å². The van der Waals surface area contributed by atoms with Crippen molar-refractivity contribution in [3.8, 4) is 0 Å². The van der Waals surface area contributed by atoms with E-state index in [1.807, 2.05) is 51.1 Å². The lowest BCUT2D eigenvalue weighted by molar-refractivity contribution is -0.125. The highest BCUT2D eigenvalue weighted by Crippen LogP contribution is 2.20. The first kappa shape index (κ1) is 21.2. The molecular formula is C20H33N3O2. The molecule has 0 saturated carbocycles. The minimum atomic E-state index is -0.268. The van der Waals surface area contributed by atoms with Crippen molar-refractivity contribution in [2.24, 2.45) is 5.92 Å². The monoisotopic (exact) mass is 347 g/mol. The first-order chi connectivity index (χ1) is 11.6. The van der Waals surface area contributed by atoms with Gasteiger partial charge in [0.25, 0.3) is 0 Å². The molecule has 0 fully saturated rings. The minimum absolute atomic E-state index is 0.00879. The Morgan fingerprint density at radius 2 is 1.60 bits per heavy atom. The Hall–Kier alpha value is -1.88. The summed E-state index contributed by atoms with van der Waals surface area (Å²) in [6.07, 6.45) is 0.879. The standard InChI is InChI=1S/C20H33N3O2/c1-15(2)12-17(16-10-8-7-9-11-16)21-18(24)13-23(6)14-19(25)22-20(3,4)5/h7-11,15,17H,12-14H2,1-6H3,(H,21,24)(H,22,25). The number of nitrogens with zero attached hydrogens (tertiary/aromatic N) is 1. The fourth-order valence-electron chi connectivity index (χ4n) is 2.68. The van der Waals surface area contributed by atoms with Crippen molar-refractivity contribution in [3.05, 3.63) is 35.9 Å². The molecule has 0 heterocycles. The summed E-state index contributed by atoms with van der Waals surface area (Å²) in [5, 5.41) is 6.01. The van der Waals surface area contributed by atoms with E-state index in [4.69, 9.17) is 0 Å². The van der Waals surface area contributed by atoms with Gasteiger partial charge in [-0.3, -0.25) is 14.5 Å². The lowest BCUT2D eigenvalue weighted by Crippen LogP contribution is -2.47. The van der Waals surface area contributed by atoms with Crippen molar-refractivity contribution in [3.63, 3.8) is 0 Å². The van der Waals surface area contributed by atoms with Crippen LogP contribution in [0.25, 0.3) is 0 Å². The molecule has 2 N–H and O–H groups in total. The second-order valence-corrected chi connectivity index (χ2v) is 8.13. The molecule has 1 atom stereocenters. The maximum atomic E-state index is 12.4. The molecule has 25 heavy (non-hydrogen) atoms. The number of rotatable bonds is 8. The van der Waals surface area contributed by atoms with Gasteiger partial charge in [-0.2, -0.15) is 0 Å². The SMILES string of the molecule is CC(C)CC(NC(=O)CN(C)CC(=O)NC(C)(C)C)c1ccccc1. The molecule has 0 radical (unpaired) electrons. The highest BCUT2D eigenvalue weighted by atomic mass is 16.2.